The van der Waals surface area contributed by atoms with Crippen LogP contribution in [0.4, 0.5) is 0 Å². The van der Waals surface area contributed by atoms with Gasteiger partial charge in [-0.1, -0.05) is 26.0 Å². The highest BCUT2D eigenvalue weighted by Gasteiger charge is 2.49. The highest BCUT2D eigenvalue weighted by molar-refractivity contribution is 8.00. The second-order valence-corrected chi connectivity index (χ2v) is 5.65. The van der Waals surface area contributed by atoms with E-state index in [-0.39, 0.29) is 0 Å². The quantitative estimate of drug-likeness (QED) is 0.801. The maximum Gasteiger partial charge on any atom is 0.335 e. The van der Waals surface area contributed by atoms with Gasteiger partial charge in [-0.15, -0.1) is 11.8 Å². The lowest BCUT2D eigenvalue weighted by Crippen LogP contribution is -2.58. The standard InChI is InChI=1S/C13H19NO3S/c1-12(2,13(14,18-4)11(15)16)9-5-7-10(17-3)8-6-9/h5-8H,14H2,1-4H3,(H,15,16)/t13-/m1/s1. The van der Waals surface area contributed by atoms with Gasteiger partial charge in [0.25, 0.3) is 0 Å². The summed E-state index contributed by atoms with van der Waals surface area (Å²) in [6.45, 7) is 3.67. The van der Waals surface area contributed by atoms with Crippen molar-refractivity contribution in [3.63, 3.8) is 0 Å². The molecule has 0 heterocycles. The molecule has 0 saturated heterocycles. The Hall–Kier alpha value is -1.20. The van der Waals surface area contributed by atoms with Crippen LogP contribution in [0.15, 0.2) is 24.3 Å². The van der Waals surface area contributed by atoms with Gasteiger partial charge in [-0.3, -0.25) is 0 Å². The van der Waals surface area contributed by atoms with Gasteiger partial charge in [0.2, 0.25) is 0 Å². The number of aliphatic carboxylic acids is 1. The molecule has 0 spiro atoms. The van der Waals surface area contributed by atoms with Crippen LogP contribution >= 0.6 is 11.8 Å². The number of benzene rings is 1. The van der Waals surface area contributed by atoms with E-state index in [0.717, 1.165) is 23.1 Å². The van der Waals surface area contributed by atoms with E-state index in [4.69, 9.17) is 10.5 Å². The number of thioether (sulfide) groups is 1. The predicted molar refractivity (Wildman–Crippen MR) is 74.1 cm³/mol. The first-order valence-corrected chi connectivity index (χ1v) is 6.74. The summed E-state index contributed by atoms with van der Waals surface area (Å²) in [5.41, 5.74) is 6.21. The van der Waals surface area contributed by atoms with Crippen LogP contribution in [0.1, 0.15) is 19.4 Å². The van der Waals surface area contributed by atoms with Crippen LogP contribution in [0.5, 0.6) is 5.75 Å². The second-order valence-electron chi connectivity index (χ2n) is 4.60. The van der Waals surface area contributed by atoms with Gasteiger partial charge in [0.05, 0.1) is 7.11 Å². The second kappa shape index (κ2) is 5.20. The molecule has 0 saturated carbocycles. The van der Waals surface area contributed by atoms with Gasteiger partial charge in [-0.2, -0.15) is 0 Å². The van der Waals surface area contributed by atoms with E-state index >= 15 is 0 Å². The van der Waals surface area contributed by atoms with Gasteiger partial charge in [-0.25, -0.2) is 4.79 Å². The Kier molecular flexibility index (Phi) is 4.29. The van der Waals surface area contributed by atoms with E-state index < -0.39 is 16.3 Å². The average molecular weight is 269 g/mol. The fraction of sp³-hybridized carbons (Fsp3) is 0.462. The van der Waals surface area contributed by atoms with Crippen molar-refractivity contribution in [1.82, 2.24) is 0 Å². The number of carboxylic acids is 1. The average Bonchev–Trinajstić information content (AvgIpc) is 2.37. The summed E-state index contributed by atoms with van der Waals surface area (Å²) in [5.74, 6) is -0.285. The Labute approximate surface area is 112 Å². The van der Waals surface area contributed by atoms with Crippen molar-refractivity contribution in [2.75, 3.05) is 13.4 Å². The molecular formula is C13H19NO3S. The minimum absolute atomic E-state index is 0.704. The Bertz CT molecular complexity index is 430. The Morgan fingerprint density at radius 2 is 1.83 bits per heavy atom. The number of hydrogen-bond donors (Lipinski definition) is 2. The number of methoxy groups -OCH3 is 1. The summed E-state index contributed by atoms with van der Waals surface area (Å²) < 4.78 is 5.09. The fourth-order valence-electron chi connectivity index (χ4n) is 1.83. The minimum atomic E-state index is -1.37. The summed E-state index contributed by atoms with van der Waals surface area (Å²) in [6, 6.07) is 7.30. The number of carboxylic acid groups (broad SMARTS) is 1. The summed E-state index contributed by atoms with van der Waals surface area (Å²) in [7, 11) is 1.59. The van der Waals surface area contributed by atoms with Crippen molar-refractivity contribution in [2.45, 2.75) is 24.1 Å². The molecule has 100 valence electrons. The molecule has 0 bridgehead atoms. The van der Waals surface area contributed by atoms with Crippen molar-refractivity contribution in [3.05, 3.63) is 29.8 Å². The number of hydrogen-bond acceptors (Lipinski definition) is 4. The van der Waals surface area contributed by atoms with Gasteiger partial charge in [0, 0.05) is 5.41 Å². The molecule has 18 heavy (non-hydrogen) atoms. The Morgan fingerprint density at radius 3 is 2.17 bits per heavy atom. The van der Waals surface area contributed by atoms with Crippen molar-refractivity contribution >= 4 is 17.7 Å². The molecule has 1 rings (SSSR count). The minimum Gasteiger partial charge on any atom is -0.497 e. The van der Waals surface area contributed by atoms with E-state index in [9.17, 15) is 9.90 Å². The monoisotopic (exact) mass is 269 g/mol. The zero-order chi connectivity index (χ0) is 14.0. The molecule has 0 amide bonds. The van der Waals surface area contributed by atoms with Crippen LogP contribution in [0, 0.1) is 0 Å². The molecule has 0 aliphatic carbocycles. The van der Waals surface area contributed by atoms with E-state index in [2.05, 4.69) is 0 Å². The molecule has 5 heteroatoms. The van der Waals surface area contributed by atoms with Crippen LogP contribution < -0.4 is 10.5 Å². The molecule has 0 unspecified atom stereocenters. The van der Waals surface area contributed by atoms with E-state index in [1.165, 1.54) is 0 Å². The maximum absolute atomic E-state index is 11.4. The maximum atomic E-state index is 11.4. The van der Waals surface area contributed by atoms with Gasteiger partial charge >= 0.3 is 5.97 Å². The van der Waals surface area contributed by atoms with E-state index in [0.29, 0.717) is 0 Å². The molecular weight excluding hydrogens is 250 g/mol. The van der Waals surface area contributed by atoms with Crippen molar-refractivity contribution in [2.24, 2.45) is 5.73 Å². The summed E-state index contributed by atoms with van der Waals surface area (Å²) in [5, 5.41) is 9.36. The normalized spacial score (nSPS) is 14.9. The first kappa shape index (κ1) is 14.9. The first-order valence-electron chi connectivity index (χ1n) is 5.51. The smallest absolute Gasteiger partial charge is 0.335 e. The fourth-order valence-corrected chi connectivity index (χ4v) is 2.63. The first-order chi connectivity index (χ1) is 8.29. The molecule has 1 aromatic carbocycles. The highest BCUT2D eigenvalue weighted by atomic mass is 32.2. The van der Waals surface area contributed by atoms with E-state index in [1.54, 1.807) is 25.5 Å². The van der Waals surface area contributed by atoms with Crippen LogP contribution in [0.2, 0.25) is 0 Å². The SMILES string of the molecule is COc1ccc(C(C)(C)[C@](N)(SC)C(=O)O)cc1. The highest BCUT2D eigenvalue weighted by Crippen LogP contribution is 2.40. The zero-order valence-electron chi connectivity index (χ0n) is 11.1. The Morgan fingerprint density at radius 1 is 1.33 bits per heavy atom. The molecule has 1 atom stereocenters. The third-order valence-electron chi connectivity index (χ3n) is 3.38. The lowest BCUT2D eigenvalue weighted by Gasteiger charge is -2.39. The number of nitrogens with two attached hydrogens (primary N) is 1. The molecule has 0 fully saturated rings. The molecule has 0 radical (unpaired) electrons. The van der Waals surface area contributed by atoms with Crippen LogP contribution in [-0.2, 0) is 10.2 Å². The van der Waals surface area contributed by atoms with Crippen molar-refractivity contribution < 1.29 is 14.6 Å². The largest absolute Gasteiger partial charge is 0.497 e. The Balaban J connectivity index is 3.22. The van der Waals surface area contributed by atoms with Gasteiger partial charge in [0.1, 0.15) is 5.75 Å². The summed E-state index contributed by atoms with van der Waals surface area (Å²) >= 11 is 1.14. The van der Waals surface area contributed by atoms with Crippen molar-refractivity contribution in [3.8, 4) is 5.75 Å². The van der Waals surface area contributed by atoms with Crippen LogP contribution in [-0.4, -0.2) is 29.3 Å². The predicted octanol–water partition coefficient (Wildman–Crippen LogP) is 2.08. The van der Waals surface area contributed by atoms with Gasteiger partial charge in [0.15, 0.2) is 4.87 Å². The third-order valence-corrected chi connectivity index (χ3v) is 4.71. The molecule has 3 N–H and O–H groups in total. The van der Waals surface area contributed by atoms with Crippen LogP contribution in [0.3, 0.4) is 0 Å². The zero-order valence-corrected chi connectivity index (χ0v) is 11.9. The van der Waals surface area contributed by atoms with Crippen LogP contribution in [0.25, 0.3) is 0 Å². The number of ether oxygens (including phenoxy) is 1. The molecule has 1 aromatic rings. The summed E-state index contributed by atoms with van der Waals surface area (Å²) in [4.78, 5) is 10.1. The lowest BCUT2D eigenvalue weighted by molar-refractivity contribution is -0.141. The molecule has 0 aliphatic heterocycles. The van der Waals surface area contributed by atoms with Gasteiger partial charge in [-0.05, 0) is 24.0 Å². The third kappa shape index (κ3) is 2.33. The molecule has 0 aliphatic rings. The number of carbonyl (C=O) groups is 1. The summed E-state index contributed by atoms with van der Waals surface area (Å²) in [6.07, 6.45) is 1.71. The molecule has 4 nitrogen and oxygen atoms in total. The molecule has 0 aromatic heterocycles. The van der Waals surface area contributed by atoms with Crippen molar-refractivity contribution in [1.29, 1.82) is 0 Å². The number of rotatable bonds is 5. The topological polar surface area (TPSA) is 72.5 Å². The van der Waals surface area contributed by atoms with E-state index in [1.807, 2.05) is 26.0 Å². The lowest BCUT2D eigenvalue weighted by atomic mass is 9.77. The van der Waals surface area contributed by atoms with Gasteiger partial charge < -0.3 is 15.6 Å².